The predicted molar refractivity (Wildman–Crippen MR) is 50.4 cm³/mol. The average molecular weight is 172 g/mol. The molecule has 0 bridgehead atoms. The van der Waals surface area contributed by atoms with E-state index in [1.807, 2.05) is 0 Å². The van der Waals surface area contributed by atoms with E-state index in [1.165, 1.54) is 0 Å². The van der Waals surface area contributed by atoms with Crippen LogP contribution in [0.1, 0.15) is 28.9 Å². The molecule has 0 atom stereocenters. The molecule has 0 aliphatic heterocycles. The lowest BCUT2D eigenvalue weighted by Crippen LogP contribution is -2.30. The Morgan fingerprint density at radius 1 is 1.50 bits per heavy atom. The maximum Gasteiger partial charge on any atom is 0.488 e. The first kappa shape index (κ1) is 3.16. The number of rotatable bonds is 2. The molecule has 0 aliphatic rings. The van der Waals surface area contributed by atoms with E-state index in [0.717, 1.165) is 18.2 Å². The highest BCUT2D eigenvalue weighted by atomic mass is 16.4. The van der Waals surface area contributed by atoms with Gasteiger partial charge in [-0.15, -0.1) is 0 Å². The normalized spacial score (nSPS) is 23.2. The van der Waals surface area contributed by atoms with Gasteiger partial charge < -0.3 is 10.0 Å². The smallest absolute Gasteiger partial charge is 0.423 e. The van der Waals surface area contributed by atoms with Gasteiger partial charge >= 0.3 is 7.12 Å². The van der Waals surface area contributed by atoms with Gasteiger partial charge in [0, 0.05) is 11.0 Å². The Morgan fingerprint density at radius 3 is 2.92 bits per heavy atom. The summed E-state index contributed by atoms with van der Waals surface area (Å²) in [6.45, 7) is -5.64. The summed E-state index contributed by atoms with van der Waals surface area (Å²) < 4.78 is 58.6. The maximum atomic E-state index is 9.12. The molecule has 2 N–H and O–H groups in total. The fourth-order valence-electron chi connectivity index (χ4n) is 0.873. The SMILES string of the molecule is [2H]C([2H])([2H])c1cc(B(O)O)cc(C([2H])([2H])C([2H])([2H])[2H])c1. The average Bonchev–Trinajstić information content (AvgIpc) is 2.25. The number of aryl methyl sites for hydroxylation is 2. The lowest BCUT2D eigenvalue weighted by molar-refractivity contribution is 0.425. The second-order valence-electron chi connectivity index (χ2n) is 2.34. The highest BCUT2D eigenvalue weighted by Crippen LogP contribution is 2.02. The maximum absolute atomic E-state index is 9.12. The van der Waals surface area contributed by atoms with Gasteiger partial charge in [0.1, 0.15) is 0 Å². The van der Waals surface area contributed by atoms with E-state index in [9.17, 15) is 0 Å². The first-order valence-corrected chi connectivity index (χ1v) is 3.29. The van der Waals surface area contributed by atoms with E-state index in [2.05, 4.69) is 0 Å². The summed E-state index contributed by atoms with van der Waals surface area (Å²) in [7, 11) is -2.02. The summed E-state index contributed by atoms with van der Waals surface area (Å²) in [4.78, 5) is 0. The third kappa shape index (κ3) is 2.09. The molecule has 3 heteroatoms. The summed E-state index contributed by atoms with van der Waals surface area (Å²) >= 11 is 0. The van der Waals surface area contributed by atoms with E-state index in [4.69, 9.17) is 21.0 Å². The van der Waals surface area contributed by atoms with Gasteiger partial charge in [-0.3, -0.25) is 0 Å². The van der Waals surface area contributed by atoms with Crippen LogP contribution in [0.5, 0.6) is 0 Å². The van der Waals surface area contributed by atoms with E-state index in [1.54, 1.807) is 0 Å². The fraction of sp³-hybridized carbons (Fsp3) is 0.333. The first-order valence-electron chi connectivity index (χ1n) is 7.29. The number of hydrogen-bond donors (Lipinski definition) is 2. The minimum absolute atomic E-state index is 0.276. The molecular formula is C9H13BO2. The molecule has 0 amide bonds. The zero-order chi connectivity index (χ0) is 15.9. The topological polar surface area (TPSA) is 40.5 Å². The lowest BCUT2D eigenvalue weighted by Gasteiger charge is -2.04. The van der Waals surface area contributed by atoms with Crippen LogP contribution in [0.3, 0.4) is 0 Å². The van der Waals surface area contributed by atoms with Crippen LogP contribution in [-0.4, -0.2) is 17.2 Å². The van der Waals surface area contributed by atoms with E-state index >= 15 is 0 Å². The van der Waals surface area contributed by atoms with Crippen LogP contribution < -0.4 is 5.46 Å². The zero-order valence-corrected chi connectivity index (χ0v) is 6.20. The van der Waals surface area contributed by atoms with Crippen LogP contribution in [0.2, 0.25) is 0 Å². The second kappa shape index (κ2) is 3.74. The van der Waals surface area contributed by atoms with Crippen molar-refractivity contribution in [2.45, 2.75) is 20.1 Å². The van der Waals surface area contributed by atoms with Crippen molar-refractivity contribution in [2.24, 2.45) is 0 Å². The standard InChI is InChI=1S/C9H13BO2/c1-3-8-4-7(2)5-9(6-8)10(11)12/h4-6,11-12H,3H2,1-2H3/i1D3,2D3,3D2. The zero-order valence-electron chi connectivity index (χ0n) is 14.2. The summed E-state index contributed by atoms with van der Waals surface area (Å²) in [5, 5.41) is 18.2. The molecule has 0 fully saturated rings. The number of benzene rings is 1. The predicted octanol–water partition coefficient (Wildman–Crippen LogP) is 0.237. The van der Waals surface area contributed by atoms with Crippen LogP contribution in [0.4, 0.5) is 0 Å². The van der Waals surface area contributed by atoms with Gasteiger partial charge in [0.25, 0.3) is 0 Å². The number of hydrogen-bond acceptors (Lipinski definition) is 2. The van der Waals surface area contributed by atoms with Gasteiger partial charge in [-0.05, 0) is 24.3 Å². The van der Waals surface area contributed by atoms with Crippen LogP contribution in [0.15, 0.2) is 18.2 Å². The molecule has 0 aromatic heterocycles. The summed E-state index contributed by atoms with van der Waals surface area (Å²) in [6.07, 6.45) is -2.81. The molecule has 0 aliphatic carbocycles. The molecule has 64 valence electrons. The van der Waals surface area contributed by atoms with Crippen molar-refractivity contribution in [3.63, 3.8) is 0 Å². The van der Waals surface area contributed by atoms with Gasteiger partial charge in [0.15, 0.2) is 0 Å². The lowest BCUT2D eigenvalue weighted by atomic mass is 9.78. The van der Waals surface area contributed by atoms with Gasteiger partial charge in [-0.1, -0.05) is 30.6 Å². The third-order valence-electron chi connectivity index (χ3n) is 1.40. The second-order valence-corrected chi connectivity index (χ2v) is 2.34. The van der Waals surface area contributed by atoms with Crippen molar-refractivity contribution in [1.82, 2.24) is 0 Å². The largest absolute Gasteiger partial charge is 0.488 e. The Balaban J connectivity index is 3.52. The molecule has 0 saturated carbocycles. The fourth-order valence-corrected chi connectivity index (χ4v) is 0.873. The van der Waals surface area contributed by atoms with Crippen LogP contribution >= 0.6 is 0 Å². The Morgan fingerprint density at radius 2 is 2.33 bits per heavy atom. The van der Waals surface area contributed by atoms with Gasteiger partial charge in [0.2, 0.25) is 0 Å². The molecule has 1 rings (SSSR count). The van der Waals surface area contributed by atoms with Gasteiger partial charge in [0.05, 0.1) is 0 Å². The van der Waals surface area contributed by atoms with Crippen molar-refractivity contribution >= 4 is 12.6 Å². The quantitative estimate of drug-likeness (QED) is 0.627. The Labute approximate surface area is 84.2 Å². The van der Waals surface area contributed by atoms with Crippen LogP contribution in [-0.2, 0) is 6.37 Å². The van der Waals surface area contributed by atoms with Crippen molar-refractivity contribution in [3.05, 3.63) is 29.3 Å². The van der Waals surface area contributed by atoms with Crippen molar-refractivity contribution in [2.75, 3.05) is 0 Å². The monoisotopic (exact) mass is 172 g/mol. The Kier molecular flexibility index (Phi) is 0.986. The van der Waals surface area contributed by atoms with Crippen LogP contribution in [0, 0.1) is 6.85 Å². The molecule has 2 nitrogen and oxygen atoms in total. The third-order valence-corrected chi connectivity index (χ3v) is 1.40. The van der Waals surface area contributed by atoms with Crippen molar-refractivity contribution < 1.29 is 21.0 Å². The highest BCUT2D eigenvalue weighted by molar-refractivity contribution is 6.58. The molecule has 12 heavy (non-hydrogen) atoms. The van der Waals surface area contributed by atoms with E-state index < -0.39 is 32.8 Å². The molecule has 0 spiro atoms. The molecular weight excluding hydrogens is 151 g/mol. The molecule has 0 radical (unpaired) electrons. The van der Waals surface area contributed by atoms with Crippen LogP contribution in [0.25, 0.3) is 0 Å². The minimum atomic E-state index is -3.02. The molecule has 0 unspecified atom stereocenters. The summed E-state index contributed by atoms with van der Waals surface area (Å²) in [5.74, 6) is 0. The summed E-state index contributed by atoms with van der Waals surface area (Å²) in [6, 6.07) is 2.83. The highest BCUT2D eigenvalue weighted by Gasteiger charge is 2.11. The van der Waals surface area contributed by atoms with Gasteiger partial charge in [-0.25, -0.2) is 0 Å². The summed E-state index contributed by atoms with van der Waals surface area (Å²) in [5.41, 5.74) is -1.07. The van der Waals surface area contributed by atoms with Gasteiger partial charge in [-0.2, -0.15) is 0 Å². The Hall–Kier alpha value is -0.795. The van der Waals surface area contributed by atoms with Crippen molar-refractivity contribution in [1.29, 1.82) is 0 Å². The first-order chi connectivity index (χ1) is 8.76. The van der Waals surface area contributed by atoms with E-state index in [0.29, 0.717) is 0 Å². The minimum Gasteiger partial charge on any atom is -0.423 e. The molecule has 1 aromatic rings. The Bertz CT molecular complexity index is 494. The molecule has 0 saturated heterocycles. The molecule has 1 aromatic carbocycles. The van der Waals surface area contributed by atoms with Crippen molar-refractivity contribution in [3.8, 4) is 0 Å². The molecule has 0 heterocycles. The van der Waals surface area contributed by atoms with E-state index in [-0.39, 0.29) is 11.0 Å².